The van der Waals surface area contributed by atoms with Gasteiger partial charge in [-0.3, -0.25) is 9.59 Å². The number of rotatable bonds is 10. The van der Waals surface area contributed by atoms with Gasteiger partial charge < -0.3 is 19.4 Å². The Morgan fingerprint density at radius 1 is 1.18 bits per heavy atom. The molecule has 4 atom stereocenters. The summed E-state index contributed by atoms with van der Waals surface area (Å²) < 4.78 is 5.33. The van der Waals surface area contributed by atoms with Gasteiger partial charge in [-0.25, -0.2) is 0 Å². The second kappa shape index (κ2) is 11.7. The molecule has 3 heterocycles. The number of piperidine rings is 2. The number of carbonyl (C=O) groups is 2. The Hall–Kier alpha value is -1.92. The minimum Gasteiger partial charge on any atom is -0.385 e. The minimum absolute atomic E-state index is 0.00205. The van der Waals surface area contributed by atoms with Gasteiger partial charge in [0.2, 0.25) is 5.91 Å². The number of carbonyl (C=O) groups excluding carboxylic acids is 2. The van der Waals surface area contributed by atoms with Gasteiger partial charge >= 0.3 is 0 Å². The minimum atomic E-state index is -0.418. The molecule has 1 aromatic rings. The first kappa shape index (κ1) is 25.2. The summed E-state index contributed by atoms with van der Waals surface area (Å²) in [6.45, 7) is 9.31. The summed E-state index contributed by atoms with van der Waals surface area (Å²) in [5.41, 5.74) is 1.78. The van der Waals surface area contributed by atoms with E-state index in [1.54, 1.807) is 7.11 Å². The molecule has 2 saturated heterocycles. The summed E-state index contributed by atoms with van der Waals surface area (Å²) in [6.07, 6.45) is 7.94. The molecule has 6 heteroatoms. The smallest absolute Gasteiger partial charge is 0.255 e. The Morgan fingerprint density at radius 3 is 2.74 bits per heavy atom. The molecule has 0 saturated carbocycles. The topological polar surface area (TPSA) is 53.1 Å². The Labute approximate surface area is 205 Å². The molecule has 0 N–H and O–H groups in total. The van der Waals surface area contributed by atoms with Crippen molar-refractivity contribution in [1.82, 2.24) is 14.7 Å². The molecule has 34 heavy (non-hydrogen) atoms. The second-order valence-electron chi connectivity index (χ2n) is 10.6. The highest BCUT2D eigenvalue weighted by atomic mass is 16.5. The summed E-state index contributed by atoms with van der Waals surface area (Å²) in [6, 6.07) is 7.98. The number of hydrogen-bond acceptors (Lipinski definition) is 4. The van der Waals surface area contributed by atoms with E-state index in [1.807, 2.05) is 29.2 Å². The normalized spacial score (nSPS) is 24.4. The van der Waals surface area contributed by atoms with Crippen LogP contribution in [0.2, 0.25) is 0 Å². The second-order valence-corrected chi connectivity index (χ2v) is 10.6. The largest absolute Gasteiger partial charge is 0.385 e. The number of benzene rings is 1. The molecule has 0 aromatic heterocycles. The number of hydrogen-bond donors (Lipinski definition) is 0. The maximum Gasteiger partial charge on any atom is 0.255 e. The van der Waals surface area contributed by atoms with Gasteiger partial charge in [-0.05, 0) is 68.7 Å². The van der Waals surface area contributed by atoms with Crippen molar-refractivity contribution >= 4 is 11.8 Å². The van der Waals surface area contributed by atoms with Crippen molar-refractivity contribution in [3.05, 3.63) is 35.4 Å². The average Bonchev–Trinajstić information content (AvgIpc) is 3.19. The molecule has 6 nitrogen and oxygen atoms in total. The van der Waals surface area contributed by atoms with Crippen molar-refractivity contribution in [2.45, 2.75) is 77.4 Å². The lowest BCUT2D eigenvalue weighted by atomic mass is 9.83. The Balaban J connectivity index is 1.56. The summed E-state index contributed by atoms with van der Waals surface area (Å²) in [7, 11) is 1.72. The van der Waals surface area contributed by atoms with Gasteiger partial charge in [0.25, 0.3) is 5.91 Å². The molecule has 2 fully saturated rings. The van der Waals surface area contributed by atoms with Crippen LogP contribution >= 0.6 is 0 Å². The predicted molar refractivity (Wildman–Crippen MR) is 135 cm³/mol. The molecule has 0 spiro atoms. The number of nitrogens with zero attached hydrogens (tertiary/aromatic N) is 3. The zero-order valence-corrected chi connectivity index (χ0v) is 21.4. The maximum absolute atomic E-state index is 14.2. The number of amides is 2. The number of methoxy groups -OCH3 is 1. The molecule has 0 aliphatic carbocycles. The highest BCUT2D eigenvalue weighted by Crippen LogP contribution is 2.33. The quantitative estimate of drug-likeness (QED) is 0.482. The van der Waals surface area contributed by atoms with Crippen molar-refractivity contribution in [3.63, 3.8) is 0 Å². The first-order chi connectivity index (χ1) is 16.5. The van der Waals surface area contributed by atoms with Crippen molar-refractivity contribution in [1.29, 1.82) is 0 Å². The molecular formula is C28H43N3O3. The molecule has 3 aliphatic rings. The zero-order chi connectivity index (χ0) is 24.1. The first-order valence-corrected chi connectivity index (χ1v) is 13.5. The van der Waals surface area contributed by atoms with E-state index in [0.29, 0.717) is 31.7 Å². The van der Waals surface area contributed by atoms with E-state index in [4.69, 9.17) is 4.74 Å². The van der Waals surface area contributed by atoms with Crippen molar-refractivity contribution in [3.8, 4) is 0 Å². The monoisotopic (exact) mass is 469 g/mol. The van der Waals surface area contributed by atoms with Crippen LogP contribution in [-0.2, 0) is 16.1 Å². The summed E-state index contributed by atoms with van der Waals surface area (Å²) in [5, 5.41) is 0. The fourth-order valence-electron chi connectivity index (χ4n) is 6.36. The third-order valence-corrected chi connectivity index (χ3v) is 8.39. The average molecular weight is 470 g/mol. The van der Waals surface area contributed by atoms with Gasteiger partial charge in [-0.15, -0.1) is 0 Å². The van der Waals surface area contributed by atoms with E-state index < -0.39 is 6.04 Å². The van der Waals surface area contributed by atoms with Crippen molar-refractivity contribution in [2.24, 2.45) is 11.8 Å². The highest BCUT2D eigenvalue weighted by Gasteiger charge is 2.42. The molecule has 0 bridgehead atoms. The van der Waals surface area contributed by atoms with Crippen LogP contribution in [0.4, 0.5) is 0 Å². The third kappa shape index (κ3) is 5.33. The van der Waals surface area contributed by atoms with Crippen molar-refractivity contribution in [2.75, 3.05) is 39.9 Å². The van der Waals surface area contributed by atoms with E-state index in [0.717, 1.165) is 30.5 Å². The standard InChI is InChI=1S/C28H43N3O3/c1-4-21(2)26(31-20-22-11-5-6-13-24(22)27(31)32)28(33)30(17-10-18-34-3)19-23-12-9-16-29-15-8-7-14-25(23)29/h5-6,11,13,21,23,25-26H,4,7-10,12,14-20H2,1-3H3/t21-,23+,25-,26+/m0/s1. The van der Waals surface area contributed by atoms with Crippen LogP contribution in [0.1, 0.15) is 74.7 Å². The van der Waals surface area contributed by atoms with Crippen LogP contribution in [0.15, 0.2) is 24.3 Å². The molecular weight excluding hydrogens is 426 g/mol. The van der Waals surface area contributed by atoms with Crippen LogP contribution < -0.4 is 0 Å². The first-order valence-electron chi connectivity index (χ1n) is 13.5. The zero-order valence-electron chi connectivity index (χ0n) is 21.4. The van der Waals surface area contributed by atoms with Gasteiger partial charge in [-0.2, -0.15) is 0 Å². The number of ether oxygens (including phenoxy) is 1. The molecule has 2 amide bonds. The Morgan fingerprint density at radius 2 is 1.97 bits per heavy atom. The van der Waals surface area contributed by atoms with E-state index in [-0.39, 0.29) is 17.7 Å². The van der Waals surface area contributed by atoms with Crippen LogP contribution in [0.25, 0.3) is 0 Å². The lowest BCUT2D eigenvalue weighted by molar-refractivity contribution is -0.139. The molecule has 4 rings (SSSR count). The van der Waals surface area contributed by atoms with Gasteiger partial charge in [0.15, 0.2) is 0 Å². The predicted octanol–water partition coefficient (Wildman–Crippen LogP) is 4.19. The highest BCUT2D eigenvalue weighted by molar-refractivity contribution is 6.01. The fourth-order valence-corrected chi connectivity index (χ4v) is 6.36. The van der Waals surface area contributed by atoms with E-state index in [1.165, 1.54) is 45.2 Å². The lowest BCUT2D eigenvalue weighted by Crippen LogP contribution is -2.56. The van der Waals surface area contributed by atoms with E-state index in [9.17, 15) is 9.59 Å². The summed E-state index contributed by atoms with van der Waals surface area (Å²) >= 11 is 0. The maximum atomic E-state index is 14.2. The van der Waals surface area contributed by atoms with E-state index in [2.05, 4.69) is 23.6 Å². The van der Waals surface area contributed by atoms with Gasteiger partial charge in [0.1, 0.15) is 6.04 Å². The summed E-state index contributed by atoms with van der Waals surface area (Å²) in [5.74, 6) is 0.750. The van der Waals surface area contributed by atoms with E-state index >= 15 is 0 Å². The molecule has 1 aromatic carbocycles. The summed E-state index contributed by atoms with van der Waals surface area (Å²) in [4.78, 5) is 34.2. The molecule has 0 unspecified atom stereocenters. The molecule has 3 aliphatic heterocycles. The van der Waals surface area contributed by atoms with Crippen LogP contribution in [-0.4, -0.2) is 78.5 Å². The third-order valence-electron chi connectivity index (χ3n) is 8.39. The Kier molecular flexibility index (Phi) is 8.65. The SMILES string of the molecule is CC[C@H](C)[C@H](C(=O)N(CCCOC)C[C@H]1CCCN2CCCC[C@@H]12)N1Cc2ccccc2C1=O. The van der Waals surface area contributed by atoms with Crippen LogP contribution in [0.3, 0.4) is 0 Å². The van der Waals surface area contributed by atoms with Gasteiger partial charge in [-0.1, -0.05) is 44.9 Å². The lowest BCUT2D eigenvalue weighted by Gasteiger charge is -2.46. The fraction of sp³-hybridized carbons (Fsp3) is 0.714. The number of fused-ring (bicyclic) bond motifs is 2. The molecule has 0 radical (unpaired) electrons. The molecule has 188 valence electrons. The van der Waals surface area contributed by atoms with Crippen LogP contribution in [0.5, 0.6) is 0 Å². The van der Waals surface area contributed by atoms with Crippen molar-refractivity contribution < 1.29 is 14.3 Å². The van der Waals surface area contributed by atoms with Crippen LogP contribution in [0, 0.1) is 11.8 Å². The van der Waals surface area contributed by atoms with Gasteiger partial charge in [0.05, 0.1) is 0 Å². The Bertz CT molecular complexity index is 842. The van der Waals surface area contributed by atoms with Gasteiger partial charge in [0, 0.05) is 45.0 Å².